The van der Waals surface area contributed by atoms with Crippen molar-refractivity contribution in [3.8, 4) is 11.5 Å². The highest BCUT2D eigenvalue weighted by Crippen LogP contribution is 2.45. The highest BCUT2D eigenvalue weighted by Gasteiger charge is 2.27. The summed E-state index contributed by atoms with van der Waals surface area (Å²) in [5.74, 6) is 0.591. The van der Waals surface area contributed by atoms with Gasteiger partial charge in [-0.05, 0) is 49.1 Å². The number of nitrogens with one attached hydrogen (secondary N) is 2. The van der Waals surface area contributed by atoms with E-state index in [-0.39, 0.29) is 23.6 Å². The topological polar surface area (TPSA) is 98.0 Å². The predicted molar refractivity (Wildman–Crippen MR) is 92.7 cm³/mol. The minimum absolute atomic E-state index is 0.0888. The number of aromatic hydroxyl groups is 1. The first kappa shape index (κ1) is 17.7. The van der Waals surface area contributed by atoms with Crippen molar-refractivity contribution in [2.45, 2.75) is 25.4 Å². The second-order valence-electron chi connectivity index (χ2n) is 6.10. The summed E-state index contributed by atoms with van der Waals surface area (Å²) in [6.07, 6.45) is 2.06. The van der Waals surface area contributed by atoms with Crippen LogP contribution in [0.4, 0.5) is 14.9 Å². The molecule has 136 valence electrons. The van der Waals surface area contributed by atoms with Gasteiger partial charge in [0.2, 0.25) is 0 Å². The van der Waals surface area contributed by atoms with Crippen LogP contribution in [0, 0.1) is 11.3 Å². The van der Waals surface area contributed by atoms with Gasteiger partial charge in [-0.2, -0.15) is 10.5 Å². The summed E-state index contributed by atoms with van der Waals surface area (Å²) in [7, 11) is 1.32. The maximum atomic E-state index is 14.3. The van der Waals surface area contributed by atoms with Crippen LogP contribution in [0.2, 0.25) is 0 Å². The second kappa shape index (κ2) is 7.38. The fourth-order valence-electron chi connectivity index (χ4n) is 2.59. The molecule has 26 heavy (non-hydrogen) atoms. The Hall–Kier alpha value is -3.16. The maximum absolute atomic E-state index is 14.3. The zero-order valence-corrected chi connectivity index (χ0v) is 14.2. The molecule has 1 aliphatic rings. The molecule has 0 atom stereocenters. The number of rotatable bonds is 6. The third-order valence-corrected chi connectivity index (χ3v) is 4.19. The van der Waals surface area contributed by atoms with Gasteiger partial charge in [-0.3, -0.25) is 0 Å². The minimum Gasteiger partial charge on any atom is -0.508 e. The van der Waals surface area contributed by atoms with Crippen molar-refractivity contribution in [3.05, 3.63) is 53.3 Å². The van der Waals surface area contributed by atoms with Crippen LogP contribution in [0.1, 0.15) is 29.9 Å². The van der Waals surface area contributed by atoms with E-state index in [1.807, 2.05) is 0 Å². The Morgan fingerprint density at radius 2 is 2.19 bits per heavy atom. The summed E-state index contributed by atoms with van der Waals surface area (Å²) in [5.41, 5.74) is 8.19. The van der Waals surface area contributed by atoms with E-state index in [9.17, 15) is 14.3 Å². The number of ether oxygens (including phenoxy) is 1. The van der Waals surface area contributed by atoms with E-state index >= 15 is 0 Å². The molecule has 1 aliphatic carbocycles. The normalized spacial score (nSPS) is 13.2. The molecular formula is C18H19FN4O3. The van der Waals surface area contributed by atoms with E-state index in [2.05, 4.69) is 10.5 Å². The van der Waals surface area contributed by atoms with Crippen LogP contribution in [0.25, 0.3) is 0 Å². The van der Waals surface area contributed by atoms with Crippen molar-refractivity contribution in [3.63, 3.8) is 0 Å². The molecular weight excluding hydrogens is 339 g/mol. The molecule has 0 aliphatic heterocycles. The zero-order valence-electron chi connectivity index (χ0n) is 14.2. The lowest BCUT2D eigenvalue weighted by Gasteiger charge is -2.16. The molecule has 2 amide bonds. The molecule has 3 rings (SSSR count). The second-order valence-corrected chi connectivity index (χ2v) is 6.10. The van der Waals surface area contributed by atoms with Gasteiger partial charge in [-0.1, -0.05) is 11.3 Å². The smallest absolute Gasteiger partial charge is 0.343 e. The van der Waals surface area contributed by atoms with Crippen molar-refractivity contribution in [1.29, 1.82) is 5.53 Å². The van der Waals surface area contributed by atoms with Gasteiger partial charge in [-0.15, -0.1) is 0 Å². The molecule has 2 aromatic rings. The summed E-state index contributed by atoms with van der Waals surface area (Å²) in [6, 6.07) is 8.51. The van der Waals surface area contributed by atoms with E-state index in [1.54, 1.807) is 18.2 Å². The molecule has 1 fully saturated rings. The van der Waals surface area contributed by atoms with Crippen LogP contribution in [0.3, 0.4) is 0 Å². The highest BCUT2D eigenvalue weighted by molar-refractivity contribution is 5.89. The van der Waals surface area contributed by atoms with Crippen LogP contribution in [-0.4, -0.2) is 23.2 Å². The van der Waals surface area contributed by atoms with E-state index in [1.165, 1.54) is 25.2 Å². The number of anilines is 1. The van der Waals surface area contributed by atoms with E-state index < -0.39 is 11.8 Å². The molecule has 2 aromatic carbocycles. The number of phenolic OH excluding ortho intramolecular Hbond substituents is 1. The third kappa shape index (κ3) is 3.90. The number of nitrogens with zero attached hydrogens (tertiary/aromatic N) is 2. The standard InChI is InChI=1S/C18H19FN4O3/c1-23(22-20)18(25)21-16-4-2-3-15(19)14(16)10-26-17-8-7-12(24)9-13(17)11-5-6-11/h2-4,7-9,11,20,24H,5-6,10H2,1H3,(H,21,25). The van der Waals surface area contributed by atoms with Gasteiger partial charge in [0.1, 0.15) is 23.9 Å². The SMILES string of the molecule is CN(N=N)C(=O)Nc1cccc(F)c1COc1ccc(O)cc1C1CC1. The molecule has 0 spiro atoms. The van der Waals surface area contributed by atoms with Gasteiger partial charge in [0.05, 0.1) is 5.69 Å². The molecule has 7 nitrogen and oxygen atoms in total. The van der Waals surface area contributed by atoms with E-state index in [0.29, 0.717) is 11.7 Å². The molecule has 3 N–H and O–H groups in total. The van der Waals surface area contributed by atoms with Crippen LogP contribution in [0.5, 0.6) is 11.5 Å². The third-order valence-electron chi connectivity index (χ3n) is 4.19. The first-order valence-corrected chi connectivity index (χ1v) is 8.14. The Bertz CT molecular complexity index is 839. The van der Waals surface area contributed by atoms with Crippen molar-refractivity contribution in [2.24, 2.45) is 5.22 Å². The molecule has 1 saturated carbocycles. The monoisotopic (exact) mass is 358 g/mol. The predicted octanol–water partition coefficient (Wildman–Crippen LogP) is 4.40. The molecule has 8 heteroatoms. The summed E-state index contributed by atoms with van der Waals surface area (Å²) >= 11 is 0. The van der Waals surface area contributed by atoms with Crippen molar-refractivity contribution in [1.82, 2.24) is 5.01 Å². The average Bonchev–Trinajstić information content (AvgIpc) is 3.46. The number of carbonyl (C=O) groups excluding carboxylic acids is 1. The molecule has 0 radical (unpaired) electrons. The van der Waals surface area contributed by atoms with Crippen LogP contribution in [0.15, 0.2) is 41.6 Å². The Labute approximate surface area is 149 Å². The van der Waals surface area contributed by atoms with E-state index in [4.69, 9.17) is 10.3 Å². The number of carbonyl (C=O) groups is 1. The lowest BCUT2D eigenvalue weighted by molar-refractivity contribution is 0.220. The van der Waals surface area contributed by atoms with Crippen molar-refractivity contribution >= 4 is 11.7 Å². The summed E-state index contributed by atoms with van der Waals surface area (Å²) in [6.45, 7) is -0.0888. The molecule has 0 bridgehead atoms. The Balaban J connectivity index is 1.80. The largest absolute Gasteiger partial charge is 0.508 e. The number of urea groups is 1. The maximum Gasteiger partial charge on any atom is 0.343 e. The number of benzene rings is 2. The van der Waals surface area contributed by atoms with Gasteiger partial charge in [-0.25, -0.2) is 9.18 Å². The van der Waals surface area contributed by atoms with Gasteiger partial charge < -0.3 is 15.2 Å². The first-order valence-electron chi connectivity index (χ1n) is 8.14. The molecule has 0 aromatic heterocycles. The average molecular weight is 358 g/mol. The Morgan fingerprint density at radius 1 is 1.42 bits per heavy atom. The van der Waals surface area contributed by atoms with Crippen LogP contribution >= 0.6 is 0 Å². The van der Waals surface area contributed by atoms with E-state index in [0.717, 1.165) is 23.4 Å². The van der Waals surface area contributed by atoms with Crippen LogP contribution < -0.4 is 10.1 Å². The molecule has 0 unspecified atom stereocenters. The molecule has 0 heterocycles. The lowest BCUT2D eigenvalue weighted by atomic mass is 10.1. The van der Waals surface area contributed by atoms with Gasteiger partial charge >= 0.3 is 6.03 Å². The lowest BCUT2D eigenvalue weighted by Crippen LogP contribution is -2.27. The van der Waals surface area contributed by atoms with Crippen molar-refractivity contribution in [2.75, 3.05) is 12.4 Å². The van der Waals surface area contributed by atoms with Gasteiger partial charge in [0.25, 0.3) is 0 Å². The minimum atomic E-state index is -0.657. The van der Waals surface area contributed by atoms with Crippen molar-refractivity contribution < 1.29 is 19.0 Å². The zero-order chi connectivity index (χ0) is 18.7. The fourth-order valence-corrected chi connectivity index (χ4v) is 2.59. The highest BCUT2D eigenvalue weighted by atomic mass is 19.1. The van der Waals surface area contributed by atoms with Crippen LogP contribution in [-0.2, 0) is 6.61 Å². The number of hydrogen-bond donors (Lipinski definition) is 3. The quantitative estimate of drug-likeness (QED) is 0.527. The summed E-state index contributed by atoms with van der Waals surface area (Å²) in [5, 5.41) is 16.0. The Morgan fingerprint density at radius 3 is 2.88 bits per heavy atom. The number of amides is 2. The summed E-state index contributed by atoms with van der Waals surface area (Å²) < 4.78 is 20.1. The Kier molecular flexibility index (Phi) is 5.01. The van der Waals surface area contributed by atoms with Gasteiger partial charge in [0, 0.05) is 18.2 Å². The van der Waals surface area contributed by atoms with Gasteiger partial charge in [0.15, 0.2) is 0 Å². The molecule has 0 saturated heterocycles. The fraction of sp³-hybridized carbons (Fsp3) is 0.278. The number of hydrogen-bond acceptors (Lipinski definition) is 5. The summed E-state index contributed by atoms with van der Waals surface area (Å²) in [4.78, 5) is 11.9. The number of phenols is 1. The first-order chi connectivity index (χ1) is 12.5. The number of halogens is 1.